The highest BCUT2D eigenvalue weighted by Crippen LogP contribution is 2.42. The third kappa shape index (κ3) is 4.68. The Morgan fingerprint density at radius 2 is 1.85 bits per heavy atom. The molecule has 0 atom stereocenters. The fourth-order valence-corrected chi connectivity index (χ4v) is 4.32. The van der Waals surface area contributed by atoms with Gasteiger partial charge in [-0.1, -0.05) is 18.2 Å². The van der Waals surface area contributed by atoms with E-state index < -0.39 is 19.3 Å². The molecule has 0 unspecified atom stereocenters. The number of hydrogen-bond donors (Lipinski definition) is 5. The molecule has 2 aromatic carbocycles. The molecule has 11 heteroatoms. The lowest BCUT2D eigenvalue weighted by Gasteiger charge is -2.11. The van der Waals surface area contributed by atoms with Gasteiger partial charge in [0.1, 0.15) is 11.3 Å². The van der Waals surface area contributed by atoms with Gasteiger partial charge in [0, 0.05) is 29.7 Å². The number of aromatic hydroxyl groups is 2. The van der Waals surface area contributed by atoms with Crippen LogP contribution in [0.1, 0.15) is 22.3 Å². The lowest BCUT2D eigenvalue weighted by atomic mass is 10.0. The summed E-state index contributed by atoms with van der Waals surface area (Å²) < 4.78 is 25.7. The number of nitrogens with one attached hydrogen (secondary N) is 1. The van der Waals surface area contributed by atoms with E-state index in [0.29, 0.717) is 10.9 Å². The zero-order valence-corrected chi connectivity index (χ0v) is 18.2. The molecule has 0 radical (unpaired) electrons. The van der Waals surface area contributed by atoms with Crippen molar-refractivity contribution < 1.29 is 33.7 Å². The largest absolute Gasteiger partial charge is 0.505 e. The van der Waals surface area contributed by atoms with Crippen LogP contribution in [0.3, 0.4) is 0 Å². The minimum Gasteiger partial charge on any atom is -0.505 e. The number of amides is 1. The minimum atomic E-state index is -4.18. The SMILES string of the molecule is O=C(NCCCP(=O)(O)O)c1c2cccnc2c(O)c2c(O)n(Cc3ccc(F)cc3)cc12. The van der Waals surface area contributed by atoms with Crippen LogP contribution in [0.2, 0.25) is 0 Å². The fraction of sp³-hybridized carbons (Fsp3) is 0.182. The average molecular weight is 473 g/mol. The third-order valence-corrected chi connectivity index (χ3v) is 6.16. The highest BCUT2D eigenvalue weighted by Gasteiger charge is 2.24. The Bertz CT molecular complexity index is 1400. The number of carbonyl (C=O) groups is 1. The second-order valence-electron chi connectivity index (χ2n) is 7.62. The van der Waals surface area contributed by atoms with Gasteiger partial charge in [-0.05, 0) is 30.2 Å². The van der Waals surface area contributed by atoms with Crippen LogP contribution in [-0.2, 0) is 11.1 Å². The topological polar surface area (TPSA) is 145 Å². The summed E-state index contributed by atoms with van der Waals surface area (Å²) in [6, 6.07) is 8.93. The van der Waals surface area contributed by atoms with Gasteiger partial charge in [-0.2, -0.15) is 0 Å². The molecule has 0 saturated carbocycles. The number of carbonyl (C=O) groups excluding carboxylic acids is 1. The molecular formula is C22H21FN3O6P. The van der Waals surface area contributed by atoms with Gasteiger partial charge in [0.25, 0.3) is 5.91 Å². The minimum absolute atomic E-state index is 0.0241. The quantitative estimate of drug-likeness (QED) is 0.205. The standard InChI is InChI=1S/C22H21FN3O6P/c23-14-6-4-13(5-7-14)11-26-12-16-17(21(28)25-9-2-10-33(30,31)32)15-3-1-8-24-19(15)20(27)18(16)22(26)29/h1,3-8,12,27,29H,2,9-11H2,(H,25,28)(H2,30,31,32). The molecule has 0 aliphatic rings. The Balaban J connectivity index is 1.78. The molecule has 4 aromatic rings. The van der Waals surface area contributed by atoms with Crippen LogP contribution < -0.4 is 5.32 Å². The normalized spacial score (nSPS) is 11.8. The van der Waals surface area contributed by atoms with E-state index in [2.05, 4.69) is 10.3 Å². The Morgan fingerprint density at radius 3 is 2.55 bits per heavy atom. The molecule has 1 amide bonds. The van der Waals surface area contributed by atoms with Gasteiger partial charge in [0.15, 0.2) is 5.75 Å². The maximum Gasteiger partial charge on any atom is 0.325 e. The monoisotopic (exact) mass is 473 g/mol. The van der Waals surface area contributed by atoms with Crippen molar-refractivity contribution in [2.24, 2.45) is 0 Å². The maximum atomic E-state index is 13.2. The Labute approximate surface area is 187 Å². The summed E-state index contributed by atoms with van der Waals surface area (Å²) in [5.41, 5.74) is 0.980. The molecular weight excluding hydrogens is 452 g/mol. The van der Waals surface area contributed by atoms with Gasteiger partial charge in [0.2, 0.25) is 5.88 Å². The van der Waals surface area contributed by atoms with E-state index in [1.54, 1.807) is 24.3 Å². The van der Waals surface area contributed by atoms with Crippen molar-refractivity contribution in [1.82, 2.24) is 14.9 Å². The third-order valence-electron chi connectivity index (χ3n) is 5.26. The van der Waals surface area contributed by atoms with Crippen LogP contribution in [0, 0.1) is 5.82 Å². The number of fused-ring (bicyclic) bond motifs is 2. The van der Waals surface area contributed by atoms with E-state index in [0.717, 1.165) is 0 Å². The molecule has 0 fully saturated rings. The maximum absolute atomic E-state index is 13.2. The first-order valence-electron chi connectivity index (χ1n) is 10.0. The fourth-order valence-electron chi connectivity index (χ4n) is 3.75. The predicted molar refractivity (Wildman–Crippen MR) is 120 cm³/mol. The lowest BCUT2D eigenvalue weighted by molar-refractivity contribution is 0.0956. The number of halogens is 1. The number of rotatable bonds is 7. The molecule has 0 aliphatic heterocycles. The Kier molecular flexibility index (Phi) is 6.07. The van der Waals surface area contributed by atoms with Crippen LogP contribution in [0.15, 0.2) is 48.8 Å². The van der Waals surface area contributed by atoms with Crippen molar-refractivity contribution in [1.29, 1.82) is 0 Å². The van der Waals surface area contributed by atoms with Gasteiger partial charge < -0.3 is 29.9 Å². The molecule has 2 heterocycles. The van der Waals surface area contributed by atoms with E-state index in [1.165, 1.54) is 29.1 Å². The predicted octanol–water partition coefficient (Wildman–Crippen LogP) is 3.09. The van der Waals surface area contributed by atoms with Crippen LogP contribution in [0.5, 0.6) is 11.6 Å². The first-order valence-corrected chi connectivity index (χ1v) is 11.8. The molecule has 0 saturated heterocycles. The van der Waals surface area contributed by atoms with Crippen molar-refractivity contribution in [3.05, 3.63) is 65.7 Å². The van der Waals surface area contributed by atoms with Crippen molar-refractivity contribution in [3.8, 4) is 11.6 Å². The van der Waals surface area contributed by atoms with Crippen molar-refractivity contribution in [2.45, 2.75) is 13.0 Å². The zero-order chi connectivity index (χ0) is 23.8. The number of benzene rings is 2. The van der Waals surface area contributed by atoms with Gasteiger partial charge >= 0.3 is 7.60 Å². The number of aromatic nitrogens is 2. The molecule has 172 valence electrons. The van der Waals surface area contributed by atoms with Crippen molar-refractivity contribution in [2.75, 3.05) is 12.7 Å². The van der Waals surface area contributed by atoms with E-state index >= 15 is 0 Å². The Hall–Kier alpha value is -3.46. The summed E-state index contributed by atoms with van der Waals surface area (Å²) in [6.45, 7) is 0.184. The van der Waals surface area contributed by atoms with E-state index in [9.17, 15) is 24.0 Å². The molecule has 2 aromatic heterocycles. The van der Waals surface area contributed by atoms with Crippen LogP contribution in [0.4, 0.5) is 4.39 Å². The molecule has 0 aliphatic carbocycles. The zero-order valence-electron chi connectivity index (χ0n) is 17.3. The molecule has 5 N–H and O–H groups in total. The summed E-state index contributed by atoms with van der Waals surface area (Å²) in [7, 11) is -4.18. The van der Waals surface area contributed by atoms with Gasteiger partial charge in [0.05, 0.1) is 23.7 Å². The molecule has 4 rings (SSSR count). The van der Waals surface area contributed by atoms with Gasteiger partial charge in [-0.25, -0.2) is 4.39 Å². The first kappa shape index (κ1) is 22.7. The summed E-state index contributed by atoms with van der Waals surface area (Å²) in [5.74, 6) is -1.50. The summed E-state index contributed by atoms with van der Waals surface area (Å²) in [4.78, 5) is 35.2. The van der Waals surface area contributed by atoms with Crippen LogP contribution >= 0.6 is 7.60 Å². The second kappa shape index (κ2) is 8.82. The molecule has 9 nitrogen and oxygen atoms in total. The van der Waals surface area contributed by atoms with Gasteiger partial charge in [-0.15, -0.1) is 0 Å². The summed E-state index contributed by atoms with van der Waals surface area (Å²) in [5, 5.41) is 25.0. The number of hydrogen-bond acceptors (Lipinski definition) is 5. The lowest BCUT2D eigenvalue weighted by Crippen LogP contribution is -2.25. The highest BCUT2D eigenvalue weighted by molar-refractivity contribution is 7.51. The van der Waals surface area contributed by atoms with E-state index in [-0.39, 0.29) is 59.2 Å². The molecule has 0 bridgehead atoms. The number of pyridine rings is 1. The van der Waals surface area contributed by atoms with E-state index in [1.807, 2.05) is 0 Å². The van der Waals surface area contributed by atoms with Gasteiger partial charge in [-0.3, -0.25) is 14.3 Å². The first-order chi connectivity index (χ1) is 15.7. The second-order valence-corrected chi connectivity index (χ2v) is 9.39. The number of nitrogens with zero attached hydrogens (tertiary/aromatic N) is 2. The molecule has 0 spiro atoms. The van der Waals surface area contributed by atoms with E-state index in [4.69, 9.17) is 9.79 Å². The van der Waals surface area contributed by atoms with Crippen LogP contribution in [0.25, 0.3) is 21.7 Å². The number of phenols is 1. The molecule has 33 heavy (non-hydrogen) atoms. The van der Waals surface area contributed by atoms with Crippen molar-refractivity contribution >= 4 is 35.2 Å². The summed E-state index contributed by atoms with van der Waals surface area (Å²) in [6.07, 6.45) is 2.67. The van der Waals surface area contributed by atoms with Crippen LogP contribution in [-0.4, -0.2) is 48.2 Å². The van der Waals surface area contributed by atoms with Crippen molar-refractivity contribution in [3.63, 3.8) is 0 Å². The summed E-state index contributed by atoms with van der Waals surface area (Å²) >= 11 is 0. The Morgan fingerprint density at radius 1 is 1.12 bits per heavy atom. The average Bonchev–Trinajstić information content (AvgIpc) is 3.08. The highest BCUT2D eigenvalue weighted by atomic mass is 31.2. The smallest absolute Gasteiger partial charge is 0.325 e. The number of phenolic OH excluding ortho intramolecular Hbond substituents is 1.